The highest BCUT2D eigenvalue weighted by molar-refractivity contribution is 9.10. The van der Waals surface area contributed by atoms with E-state index >= 15 is 0 Å². The first-order valence-electron chi connectivity index (χ1n) is 4.96. The average molecular weight is 287 g/mol. The predicted octanol–water partition coefficient (Wildman–Crippen LogP) is 2.40. The molecule has 1 atom stereocenters. The smallest absolute Gasteiger partial charge is 0.124 e. The van der Waals surface area contributed by atoms with Gasteiger partial charge in [-0.05, 0) is 23.8 Å². The van der Waals surface area contributed by atoms with Crippen molar-refractivity contribution in [3.8, 4) is 0 Å². The number of ether oxygens (including phenoxy) is 1. The zero-order valence-electron chi connectivity index (χ0n) is 8.54. The van der Waals surface area contributed by atoms with E-state index in [0.29, 0.717) is 11.1 Å². The maximum Gasteiger partial charge on any atom is 0.124 e. The van der Waals surface area contributed by atoms with Crippen LogP contribution in [0.1, 0.15) is 18.0 Å². The largest absolute Gasteiger partial charge is 0.496 e. The van der Waals surface area contributed by atoms with E-state index in [2.05, 4.69) is 21.4 Å². The van der Waals surface area contributed by atoms with E-state index < -0.39 is 0 Å². The first kappa shape index (κ1) is 11.6. The van der Waals surface area contributed by atoms with E-state index in [1.165, 1.54) is 12.1 Å². The molecule has 0 radical (unpaired) electrons. The lowest BCUT2D eigenvalue weighted by molar-refractivity contribution is 0.215. The second-order valence-corrected chi connectivity index (χ2v) is 4.36. The van der Waals surface area contributed by atoms with Gasteiger partial charge < -0.3 is 4.74 Å². The molecule has 1 aliphatic rings. The van der Waals surface area contributed by atoms with E-state index in [1.54, 1.807) is 6.07 Å². The molecule has 1 heterocycles. The molecule has 3 nitrogen and oxygen atoms in total. The van der Waals surface area contributed by atoms with Crippen LogP contribution in [0.15, 0.2) is 34.5 Å². The van der Waals surface area contributed by atoms with E-state index in [9.17, 15) is 4.39 Å². The van der Waals surface area contributed by atoms with Crippen LogP contribution in [-0.4, -0.2) is 6.61 Å². The summed E-state index contributed by atoms with van der Waals surface area (Å²) < 4.78 is 19.1. The molecule has 0 aromatic heterocycles. The van der Waals surface area contributed by atoms with Crippen molar-refractivity contribution in [3.63, 3.8) is 0 Å². The first-order valence-corrected chi connectivity index (χ1v) is 5.75. The highest BCUT2D eigenvalue weighted by Crippen LogP contribution is 2.31. The zero-order valence-corrected chi connectivity index (χ0v) is 10.1. The van der Waals surface area contributed by atoms with Crippen LogP contribution in [-0.2, 0) is 4.74 Å². The average Bonchev–Trinajstić information content (AvgIpc) is 2.75. The molecule has 0 aliphatic carbocycles. The third kappa shape index (κ3) is 2.26. The summed E-state index contributed by atoms with van der Waals surface area (Å²) in [5, 5.41) is 0. The number of benzene rings is 1. The summed E-state index contributed by atoms with van der Waals surface area (Å²) in [4.78, 5) is 0. The summed E-state index contributed by atoms with van der Waals surface area (Å²) in [5.41, 5.74) is 3.53. The Bertz CT molecular complexity index is 422. The molecule has 0 fully saturated rings. The van der Waals surface area contributed by atoms with Gasteiger partial charge in [-0.25, -0.2) is 9.82 Å². The standard InChI is InChI=1S/C11H12BrFN2O/c12-9-6-7(13)3-4-8(9)11(15-14)10-2-1-5-16-10/h2-4,6,11,15H,1,5,14H2. The Kier molecular flexibility index (Phi) is 3.58. The molecule has 0 spiro atoms. The van der Waals surface area contributed by atoms with Gasteiger partial charge in [-0.2, -0.15) is 0 Å². The van der Waals surface area contributed by atoms with E-state index in [1.807, 2.05) is 6.08 Å². The Balaban J connectivity index is 2.32. The molecule has 1 aliphatic heterocycles. The zero-order chi connectivity index (χ0) is 11.5. The van der Waals surface area contributed by atoms with Gasteiger partial charge >= 0.3 is 0 Å². The molecule has 2 rings (SSSR count). The molecule has 16 heavy (non-hydrogen) atoms. The van der Waals surface area contributed by atoms with Crippen molar-refractivity contribution in [2.75, 3.05) is 6.61 Å². The topological polar surface area (TPSA) is 47.3 Å². The van der Waals surface area contributed by atoms with Gasteiger partial charge in [0.05, 0.1) is 6.61 Å². The number of halogens is 2. The lowest BCUT2D eigenvalue weighted by Crippen LogP contribution is -2.30. The number of hydrogen-bond donors (Lipinski definition) is 2. The van der Waals surface area contributed by atoms with Gasteiger partial charge in [0.25, 0.3) is 0 Å². The van der Waals surface area contributed by atoms with Gasteiger partial charge in [0.2, 0.25) is 0 Å². The van der Waals surface area contributed by atoms with Crippen molar-refractivity contribution in [1.29, 1.82) is 0 Å². The summed E-state index contributed by atoms with van der Waals surface area (Å²) in [7, 11) is 0. The van der Waals surface area contributed by atoms with Crippen LogP contribution in [0.25, 0.3) is 0 Å². The summed E-state index contributed by atoms with van der Waals surface area (Å²) >= 11 is 3.32. The van der Waals surface area contributed by atoms with E-state index in [-0.39, 0.29) is 11.9 Å². The molecule has 0 bridgehead atoms. The Hall–Kier alpha value is -0.910. The van der Waals surface area contributed by atoms with Crippen LogP contribution in [0.3, 0.4) is 0 Å². The van der Waals surface area contributed by atoms with Crippen LogP contribution in [0.2, 0.25) is 0 Å². The van der Waals surface area contributed by atoms with Crippen LogP contribution in [0, 0.1) is 5.82 Å². The molecule has 1 unspecified atom stereocenters. The molecule has 0 saturated carbocycles. The Morgan fingerprint density at radius 1 is 1.50 bits per heavy atom. The minimum Gasteiger partial charge on any atom is -0.496 e. The van der Waals surface area contributed by atoms with Crippen LogP contribution < -0.4 is 11.3 Å². The molecule has 0 amide bonds. The Morgan fingerprint density at radius 3 is 2.88 bits per heavy atom. The van der Waals surface area contributed by atoms with Gasteiger partial charge in [-0.3, -0.25) is 5.84 Å². The predicted molar refractivity (Wildman–Crippen MR) is 62.8 cm³/mol. The maximum atomic E-state index is 13.0. The maximum absolute atomic E-state index is 13.0. The third-order valence-corrected chi connectivity index (χ3v) is 3.14. The van der Waals surface area contributed by atoms with Gasteiger partial charge in [-0.15, -0.1) is 0 Å². The van der Waals surface area contributed by atoms with Gasteiger partial charge in [-0.1, -0.05) is 22.0 Å². The van der Waals surface area contributed by atoms with E-state index in [4.69, 9.17) is 10.6 Å². The molecule has 3 N–H and O–H groups in total. The van der Waals surface area contributed by atoms with Gasteiger partial charge in [0, 0.05) is 10.9 Å². The fourth-order valence-corrected chi connectivity index (χ4v) is 2.28. The number of hydrogen-bond acceptors (Lipinski definition) is 3. The van der Waals surface area contributed by atoms with Gasteiger partial charge in [0.15, 0.2) is 0 Å². The highest BCUT2D eigenvalue weighted by atomic mass is 79.9. The van der Waals surface area contributed by atoms with E-state index in [0.717, 1.165) is 17.7 Å². The second-order valence-electron chi connectivity index (χ2n) is 3.51. The van der Waals surface area contributed by atoms with Crippen LogP contribution >= 0.6 is 15.9 Å². The minimum atomic E-state index is -0.285. The molecule has 5 heteroatoms. The summed E-state index contributed by atoms with van der Waals surface area (Å²) in [5.74, 6) is 6.01. The molecular weight excluding hydrogens is 275 g/mol. The van der Waals surface area contributed by atoms with Crippen molar-refractivity contribution in [2.45, 2.75) is 12.5 Å². The highest BCUT2D eigenvalue weighted by Gasteiger charge is 2.21. The third-order valence-electron chi connectivity index (χ3n) is 2.46. The molecule has 1 aromatic rings. The van der Waals surface area contributed by atoms with Crippen molar-refractivity contribution in [2.24, 2.45) is 5.84 Å². The monoisotopic (exact) mass is 286 g/mol. The number of nitrogens with one attached hydrogen (secondary N) is 1. The second kappa shape index (κ2) is 4.95. The summed E-state index contributed by atoms with van der Waals surface area (Å²) in [6, 6.07) is 4.26. The summed E-state index contributed by atoms with van der Waals surface area (Å²) in [6.07, 6.45) is 2.87. The number of hydrazine groups is 1. The van der Waals surface area contributed by atoms with Crippen LogP contribution in [0.4, 0.5) is 4.39 Å². The molecule has 86 valence electrons. The first-order chi connectivity index (χ1) is 7.72. The molecular formula is C11H12BrFN2O. The van der Waals surface area contributed by atoms with Gasteiger partial charge in [0.1, 0.15) is 17.6 Å². The van der Waals surface area contributed by atoms with Crippen molar-refractivity contribution < 1.29 is 9.13 Å². The minimum absolute atomic E-state index is 0.238. The Labute approximate surface area is 102 Å². The number of rotatable bonds is 3. The van der Waals surface area contributed by atoms with Crippen molar-refractivity contribution in [3.05, 3.63) is 45.9 Å². The summed E-state index contributed by atoms with van der Waals surface area (Å²) in [6.45, 7) is 0.673. The van der Waals surface area contributed by atoms with Crippen LogP contribution in [0.5, 0.6) is 0 Å². The quantitative estimate of drug-likeness (QED) is 0.663. The van der Waals surface area contributed by atoms with Crippen molar-refractivity contribution >= 4 is 15.9 Å². The Morgan fingerprint density at radius 2 is 2.31 bits per heavy atom. The fourth-order valence-electron chi connectivity index (χ4n) is 1.70. The normalized spacial score (nSPS) is 16.8. The SMILES string of the molecule is NNC(C1=CCCO1)c1ccc(F)cc1Br. The molecule has 1 aromatic carbocycles. The fraction of sp³-hybridized carbons (Fsp3) is 0.273. The molecule has 0 saturated heterocycles. The number of nitrogens with two attached hydrogens (primary N) is 1. The lowest BCUT2D eigenvalue weighted by atomic mass is 10.1. The van der Waals surface area contributed by atoms with Crippen molar-refractivity contribution in [1.82, 2.24) is 5.43 Å². The lowest BCUT2D eigenvalue weighted by Gasteiger charge is -2.18.